The van der Waals surface area contributed by atoms with Crippen molar-refractivity contribution < 1.29 is 9.63 Å². The topological polar surface area (TPSA) is 38.3 Å². The lowest BCUT2D eigenvalue weighted by Crippen LogP contribution is -2.37. The maximum absolute atomic E-state index is 11.1. The highest BCUT2D eigenvalue weighted by Gasteiger charge is 2.16. The van der Waals surface area contributed by atoms with Crippen LogP contribution < -0.4 is 5.48 Å². The molecule has 0 aliphatic rings. The van der Waals surface area contributed by atoms with Gasteiger partial charge in [0.1, 0.15) is 0 Å². The lowest BCUT2D eigenvalue weighted by Gasteiger charge is -2.19. The number of carbonyl (C=O) groups excluding carboxylic acids is 1. The molecule has 1 unspecified atom stereocenters. The van der Waals surface area contributed by atoms with Crippen molar-refractivity contribution in [2.24, 2.45) is 0 Å². The average Bonchev–Trinajstić information content (AvgIpc) is 1.97. The van der Waals surface area contributed by atoms with Crippen molar-refractivity contribution >= 4 is 21.8 Å². The molecule has 0 bridgehead atoms. The van der Waals surface area contributed by atoms with Gasteiger partial charge in [-0.15, -0.1) is 0 Å². The van der Waals surface area contributed by atoms with E-state index in [4.69, 9.17) is 4.84 Å². The van der Waals surface area contributed by atoms with Crippen LogP contribution in [0.2, 0.25) is 0 Å². The third-order valence-corrected chi connectivity index (χ3v) is 2.16. The Morgan fingerprint density at radius 2 is 2.08 bits per heavy atom. The van der Waals surface area contributed by atoms with Gasteiger partial charge in [0.15, 0.2) is 0 Å². The minimum atomic E-state index is -0.337. The van der Waals surface area contributed by atoms with E-state index in [1.165, 1.54) is 0 Å². The molecule has 0 aliphatic carbocycles. The van der Waals surface area contributed by atoms with E-state index in [1.807, 2.05) is 27.7 Å². The normalized spacial score (nSPS) is 14.1. The fraction of sp³-hybridized carbons (Fsp3) is 0.875. The first-order valence-electron chi connectivity index (χ1n) is 3.98. The Labute approximate surface area is 81.9 Å². The number of rotatable bonds is 3. The molecule has 0 aliphatic heterocycles. The summed E-state index contributed by atoms with van der Waals surface area (Å²) in [7, 11) is 0. The van der Waals surface area contributed by atoms with Gasteiger partial charge in [-0.1, -0.05) is 22.9 Å². The van der Waals surface area contributed by atoms with Crippen LogP contribution in [0.3, 0.4) is 0 Å². The molecule has 72 valence electrons. The summed E-state index contributed by atoms with van der Waals surface area (Å²) >= 11 is 3.22. The third kappa shape index (κ3) is 5.55. The molecule has 1 amide bonds. The van der Waals surface area contributed by atoms with Crippen LogP contribution in [0.25, 0.3) is 0 Å². The summed E-state index contributed by atoms with van der Waals surface area (Å²) < 4.78 is 0. The summed E-state index contributed by atoms with van der Waals surface area (Å²) in [5, 5.41) is 0. The molecule has 1 N–H and O–H groups in total. The van der Waals surface area contributed by atoms with Crippen molar-refractivity contribution in [3.05, 3.63) is 0 Å². The minimum Gasteiger partial charge on any atom is -0.272 e. The van der Waals surface area contributed by atoms with Crippen LogP contribution in [0.4, 0.5) is 0 Å². The Morgan fingerprint density at radius 1 is 1.58 bits per heavy atom. The summed E-state index contributed by atoms with van der Waals surface area (Å²) in [6, 6.07) is 0. The first-order valence-corrected chi connectivity index (χ1v) is 4.90. The number of nitrogens with one attached hydrogen (secondary N) is 1. The molecule has 0 spiro atoms. The highest BCUT2D eigenvalue weighted by molar-refractivity contribution is 9.10. The molecule has 0 saturated heterocycles. The Bertz CT molecular complexity index is 154. The largest absolute Gasteiger partial charge is 0.272 e. The van der Waals surface area contributed by atoms with Crippen LogP contribution in [0.5, 0.6) is 0 Å². The molecule has 0 fully saturated rings. The molecule has 12 heavy (non-hydrogen) atoms. The lowest BCUT2D eigenvalue weighted by molar-refractivity contribution is -0.144. The number of alkyl halides is 1. The predicted octanol–water partition coefficient (Wildman–Crippen LogP) is 2.01. The fourth-order valence-electron chi connectivity index (χ4n) is 0.453. The van der Waals surface area contributed by atoms with Gasteiger partial charge in [-0.3, -0.25) is 9.63 Å². The standard InChI is InChI=1S/C8H16BrNO2/c1-5-6(9)7(11)10-12-8(2,3)4/h6H,5H2,1-4H3,(H,10,11). The van der Waals surface area contributed by atoms with Gasteiger partial charge >= 0.3 is 0 Å². The molecule has 4 heteroatoms. The Kier molecular flexibility index (Phi) is 4.78. The van der Waals surface area contributed by atoms with Gasteiger partial charge in [-0.25, -0.2) is 5.48 Å². The molecular weight excluding hydrogens is 222 g/mol. The molecule has 0 rings (SSSR count). The van der Waals surface area contributed by atoms with Crippen molar-refractivity contribution in [3.8, 4) is 0 Å². The highest BCUT2D eigenvalue weighted by Crippen LogP contribution is 2.07. The molecule has 1 atom stereocenters. The molecule has 0 aromatic rings. The van der Waals surface area contributed by atoms with Crippen LogP contribution >= 0.6 is 15.9 Å². The van der Waals surface area contributed by atoms with Crippen LogP contribution in [0.1, 0.15) is 34.1 Å². The Balaban J connectivity index is 3.72. The highest BCUT2D eigenvalue weighted by atomic mass is 79.9. The number of carbonyl (C=O) groups is 1. The van der Waals surface area contributed by atoms with Gasteiger partial charge in [0.05, 0.1) is 10.4 Å². The van der Waals surface area contributed by atoms with Crippen LogP contribution in [-0.4, -0.2) is 16.3 Å². The third-order valence-electron chi connectivity index (χ3n) is 1.10. The van der Waals surface area contributed by atoms with Crippen molar-refractivity contribution in [2.45, 2.75) is 44.5 Å². The number of amides is 1. The quantitative estimate of drug-likeness (QED) is 0.603. The number of hydrogen-bond acceptors (Lipinski definition) is 2. The lowest BCUT2D eigenvalue weighted by atomic mass is 10.2. The van der Waals surface area contributed by atoms with Crippen molar-refractivity contribution in [1.82, 2.24) is 5.48 Å². The number of hydrogen-bond donors (Lipinski definition) is 1. The molecule has 0 aromatic carbocycles. The van der Waals surface area contributed by atoms with E-state index in [2.05, 4.69) is 21.4 Å². The second kappa shape index (κ2) is 4.82. The molecule has 0 heterocycles. The molecule has 3 nitrogen and oxygen atoms in total. The summed E-state index contributed by atoms with van der Waals surface area (Å²) in [6.07, 6.45) is 0.749. The van der Waals surface area contributed by atoms with Crippen LogP contribution in [0.15, 0.2) is 0 Å². The zero-order valence-electron chi connectivity index (χ0n) is 7.98. The first-order chi connectivity index (χ1) is 5.37. The zero-order chi connectivity index (χ0) is 9.78. The maximum Gasteiger partial charge on any atom is 0.257 e. The Hall–Kier alpha value is -0.0900. The SMILES string of the molecule is CCC(Br)C(=O)NOC(C)(C)C. The summed E-state index contributed by atoms with van der Waals surface area (Å²) in [4.78, 5) is 16.1. The summed E-state index contributed by atoms with van der Waals surface area (Å²) in [5.41, 5.74) is 2.05. The van der Waals surface area contributed by atoms with Gasteiger partial charge in [0, 0.05) is 0 Å². The second-order valence-electron chi connectivity index (χ2n) is 3.56. The maximum atomic E-state index is 11.1. The van der Waals surface area contributed by atoms with Gasteiger partial charge in [0.25, 0.3) is 5.91 Å². The fourth-order valence-corrected chi connectivity index (χ4v) is 0.546. The minimum absolute atomic E-state index is 0.132. The van der Waals surface area contributed by atoms with Crippen molar-refractivity contribution in [2.75, 3.05) is 0 Å². The van der Waals surface area contributed by atoms with Crippen LogP contribution in [-0.2, 0) is 9.63 Å². The van der Waals surface area contributed by atoms with Gasteiger partial charge < -0.3 is 0 Å². The summed E-state index contributed by atoms with van der Waals surface area (Å²) in [6.45, 7) is 7.56. The van der Waals surface area contributed by atoms with E-state index in [-0.39, 0.29) is 16.3 Å². The molecule has 0 saturated carbocycles. The predicted molar refractivity (Wildman–Crippen MR) is 52.0 cm³/mol. The summed E-state index contributed by atoms with van der Waals surface area (Å²) in [5.74, 6) is -0.132. The van der Waals surface area contributed by atoms with Gasteiger partial charge in [0.2, 0.25) is 0 Å². The van der Waals surface area contributed by atoms with E-state index < -0.39 is 0 Å². The van der Waals surface area contributed by atoms with Gasteiger partial charge in [-0.2, -0.15) is 0 Å². The first kappa shape index (κ1) is 11.9. The van der Waals surface area contributed by atoms with Crippen molar-refractivity contribution in [3.63, 3.8) is 0 Å². The average molecular weight is 238 g/mol. The van der Waals surface area contributed by atoms with Crippen molar-refractivity contribution in [1.29, 1.82) is 0 Å². The van der Waals surface area contributed by atoms with Gasteiger partial charge in [-0.05, 0) is 27.2 Å². The number of hydroxylamine groups is 1. The zero-order valence-corrected chi connectivity index (χ0v) is 9.56. The van der Waals surface area contributed by atoms with Crippen LogP contribution in [0, 0.1) is 0 Å². The Morgan fingerprint density at radius 3 is 2.42 bits per heavy atom. The van der Waals surface area contributed by atoms with E-state index in [1.54, 1.807) is 0 Å². The second-order valence-corrected chi connectivity index (χ2v) is 4.66. The molecular formula is C8H16BrNO2. The smallest absolute Gasteiger partial charge is 0.257 e. The number of halogens is 1. The monoisotopic (exact) mass is 237 g/mol. The van der Waals surface area contributed by atoms with E-state index in [0.717, 1.165) is 6.42 Å². The molecule has 0 radical (unpaired) electrons. The van der Waals surface area contributed by atoms with E-state index >= 15 is 0 Å². The van der Waals surface area contributed by atoms with E-state index in [0.29, 0.717) is 0 Å². The molecule has 0 aromatic heterocycles. The van der Waals surface area contributed by atoms with E-state index in [9.17, 15) is 4.79 Å².